The lowest BCUT2D eigenvalue weighted by Crippen LogP contribution is -2.36. The standard InChI is InChI=1S/C23H23NO5S/c1-3-12-4-6-13(7-5-12)16-11-30-21(19(16)23(28)29-2)24-20(25)17-14-8-9-15(10-14)18(17)22(26)27/h4-9,11,14-15,17-18H,3,10H2,1-2H3,(H,24,25)(H,26,27)/t14-,15-,17+,18+/m0/s1. The van der Waals surface area contributed by atoms with Crippen molar-refractivity contribution < 1.29 is 24.2 Å². The van der Waals surface area contributed by atoms with E-state index >= 15 is 0 Å². The first-order chi connectivity index (χ1) is 14.4. The van der Waals surface area contributed by atoms with E-state index in [0.29, 0.717) is 22.5 Å². The Kier molecular flexibility index (Phi) is 5.47. The Labute approximate surface area is 178 Å². The zero-order valence-electron chi connectivity index (χ0n) is 16.8. The van der Waals surface area contributed by atoms with Crippen molar-refractivity contribution in [2.45, 2.75) is 19.8 Å². The van der Waals surface area contributed by atoms with Gasteiger partial charge in [0.25, 0.3) is 0 Å². The number of benzene rings is 1. The van der Waals surface area contributed by atoms with E-state index in [4.69, 9.17) is 4.74 Å². The molecule has 1 fully saturated rings. The molecule has 6 nitrogen and oxygen atoms in total. The van der Waals surface area contributed by atoms with Crippen molar-refractivity contribution >= 4 is 34.2 Å². The summed E-state index contributed by atoms with van der Waals surface area (Å²) in [5.74, 6) is -3.43. The molecule has 2 bridgehead atoms. The molecule has 1 amide bonds. The van der Waals surface area contributed by atoms with Crippen LogP contribution in [-0.2, 0) is 20.7 Å². The highest BCUT2D eigenvalue weighted by atomic mass is 32.1. The number of allylic oxidation sites excluding steroid dienone is 2. The minimum atomic E-state index is -0.955. The number of hydrogen-bond acceptors (Lipinski definition) is 5. The number of thiophene rings is 1. The van der Waals surface area contributed by atoms with E-state index in [1.807, 2.05) is 41.8 Å². The van der Waals surface area contributed by atoms with Gasteiger partial charge in [-0.1, -0.05) is 43.3 Å². The Morgan fingerprint density at radius 2 is 1.80 bits per heavy atom. The van der Waals surface area contributed by atoms with Crippen molar-refractivity contribution in [3.63, 3.8) is 0 Å². The normalized spacial score (nSPS) is 24.1. The van der Waals surface area contributed by atoms with Gasteiger partial charge in [-0.05, 0) is 35.8 Å². The molecule has 1 aromatic heterocycles. The Hall–Kier alpha value is -2.93. The van der Waals surface area contributed by atoms with Crippen LogP contribution in [0.25, 0.3) is 11.1 Å². The van der Waals surface area contributed by atoms with Crippen molar-refractivity contribution in [1.82, 2.24) is 0 Å². The number of ether oxygens (including phenoxy) is 1. The lowest BCUT2D eigenvalue weighted by molar-refractivity contribution is -0.146. The summed E-state index contributed by atoms with van der Waals surface area (Å²) in [6, 6.07) is 7.90. The number of carboxylic acid groups (broad SMARTS) is 1. The topological polar surface area (TPSA) is 92.7 Å². The molecule has 4 atom stereocenters. The molecule has 156 valence electrons. The molecule has 2 aliphatic carbocycles. The van der Waals surface area contributed by atoms with Gasteiger partial charge in [0.2, 0.25) is 5.91 Å². The minimum Gasteiger partial charge on any atom is -0.481 e. The second kappa shape index (κ2) is 8.07. The Morgan fingerprint density at radius 1 is 1.13 bits per heavy atom. The molecule has 0 radical (unpaired) electrons. The summed E-state index contributed by atoms with van der Waals surface area (Å²) >= 11 is 1.24. The number of fused-ring (bicyclic) bond motifs is 2. The molecule has 1 heterocycles. The zero-order valence-corrected chi connectivity index (χ0v) is 17.6. The SMILES string of the molecule is CCc1ccc(-c2csc(NC(=O)[C@H]3[C@H](C(=O)O)[C@H]4C=C[C@H]3C4)c2C(=O)OC)cc1. The van der Waals surface area contributed by atoms with Crippen molar-refractivity contribution in [3.05, 3.63) is 52.9 Å². The second-order valence-electron chi connectivity index (χ2n) is 7.72. The third kappa shape index (κ3) is 3.43. The van der Waals surface area contributed by atoms with Crippen LogP contribution in [0.3, 0.4) is 0 Å². The predicted octanol–water partition coefficient (Wildman–Crippen LogP) is 4.23. The third-order valence-electron chi connectivity index (χ3n) is 6.14. The number of methoxy groups -OCH3 is 1. The Morgan fingerprint density at radius 3 is 2.40 bits per heavy atom. The Balaban J connectivity index is 1.65. The van der Waals surface area contributed by atoms with Crippen molar-refractivity contribution in [1.29, 1.82) is 0 Å². The number of anilines is 1. The molecule has 2 aliphatic rings. The molecular formula is C23H23NO5S. The number of hydrogen-bond donors (Lipinski definition) is 2. The van der Waals surface area contributed by atoms with Gasteiger partial charge in [-0.15, -0.1) is 11.3 Å². The lowest BCUT2D eigenvalue weighted by Gasteiger charge is -2.23. The molecule has 1 aromatic carbocycles. The highest BCUT2D eigenvalue weighted by Crippen LogP contribution is 2.49. The smallest absolute Gasteiger partial charge is 0.341 e. The van der Waals surface area contributed by atoms with E-state index in [-0.39, 0.29) is 17.7 Å². The van der Waals surface area contributed by atoms with Crippen LogP contribution in [-0.4, -0.2) is 30.1 Å². The molecule has 0 spiro atoms. The summed E-state index contributed by atoms with van der Waals surface area (Å²) in [6.07, 6.45) is 5.43. The third-order valence-corrected chi connectivity index (χ3v) is 7.03. The number of aliphatic carboxylic acids is 1. The highest BCUT2D eigenvalue weighted by molar-refractivity contribution is 7.15. The number of aryl methyl sites for hydroxylation is 1. The molecular weight excluding hydrogens is 402 g/mol. The number of nitrogens with one attached hydrogen (secondary N) is 1. The molecule has 0 aliphatic heterocycles. The number of carbonyl (C=O) groups is 3. The molecule has 2 N–H and O–H groups in total. The fraction of sp³-hybridized carbons (Fsp3) is 0.348. The van der Waals surface area contributed by atoms with Crippen LogP contribution in [0, 0.1) is 23.7 Å². The van der Waals surface area contributed by atoms with E-state index in [1.54, 1.807) is 0 Å². The van der Waals surface area contributed by atoms with Gasteiger partial charge in [0.15, 0.2) is 0 Å². The van der Waals surface area contributed by atoms with Crippen molar-refractivity contribution in [2.24, 2.45) is 23.7 Å². The van der Waals surface area contributed by atoms with E-state index in [2.05, 4.69) is 12.2 Å². The average Bonchev–Trinajstić information content (AvgIpc) is 3.47. The summed E-state index contributed by atoms with van der Waals surface area (Å²) in [7, 11) is 1.30. The zero-order chi connectivity index (χ0) is 21.4. The monoisotopic (exact) mass is 425 g/mol. The average molecular weight is 426 g/mol. The molecule has 7 heteroatoms. The molecule has 1 saturated carbocycles. The van der Waals surface area contributed by atoms with E-state index in [1.165, 1.54) is 24.0 Å². The van der Waals surface area contributed by atoms with Crippen LogP contribution in [0.2, 0.25) is 0 Å². The maximum Gasteiger partial charge on any atom is 0.341 e. The first-order valence-electron chi connectivity index (χ1n) is 9.95. The van der Waals surface area contributed by atoms with E-state index in [0.717, 1.165) is 12.0 Å². The summed E-state index contributed by atoms with van der Waals surface area (Å²) in [5, 5.41) is 14.6. The fourth-order valence-corrected chi connectivity index (χ4v) is 5.56. The molecule has 4 rings (SSSR count). The summed E-state index contributed by atoms with van der Waals surface area (Å²) in [5.41, 5.74) is 3.03. The fourth-order valence-electron chi connectivity index (χ4n) is 4.60. The lowest BCUT2D eigenvalue weighted by atomic mass is 9.82. The van der Waals surface area contributed by atoms with E-state index in [9.17, 15) is 19.5 Å². The second-order valence-corrected chi connectivity index (χ2v) is 8.60. The van der Waals surface area contributed by atoms with Crippen LogP contribution in [0.1, 0.15) is 29.3 Å². The van der Waals surface area contributed by atoms with Gasteiger partial charge in [-0.2, -0.15) is 0 Å². The van der Waals surface area contributed by atoms with Gasteiger partial charge in [-0.25, -0.2) is 4.79 Å². The molecule has 0 saturated heterocycles. The first-order valence-corrected chi connectivity index (χ1v) is 10.8. The first kappa shape index (κ1) is 20.3. The number of carboxylic acids is 1. The summed E-state index contributed by atoms with van der Waals surface area (Å²) in [6.45, 7) is 2.07. The predicted molar refractivity (Wildman–Crippen MR) is 114 cm³/mol. The minimum absolute atomic E-state index is 0.0845. The van der Waals surface area contributed by atoms with Gasteiger partial charge >= 0.3 is 11.9 Å². The summed E-state index contributed by atoms with van der Waals surface area (Å²) < 4.78 is 4.97. The number of esters is 1. The van der Waals surface area contributed by atoms with Crippen LogP contribution in [0.15, 0.2) is 41.8 Å². The molecule has 2 aromatic rings. The number of amides is 1. The van der Waals surface area contributed by atoms with Gasteiger partial charge in [-0.3, -0.25) is 9.59 Å². The van der Waals surface area contributed by atoms with Gasteiger partial charge in [0, 0.05) is 10.9 Å². The Bertz CT molecular complexity index is 1020. The maximum absolute atomic E-state index is 13.1. The summed E-state index contributed by atoms with van der Waals surface area (Å²) in [4.78, 5) is 37.3. The van der Waals surface area contributed by atoms with Gasteiger partial charge in [0.05, 0.1) is 18.9 Å². The maximum atomic E-state index is 13.1. The van der Waals surface area contributed by atoms with Gasteiger partial charge < -0.3 is 15.2 Å². The number of carbonyl (C=O) groups excluding carboxylic acids is 2. The largest absolute Gasteiger partial charge is 0.481 e. The van der Waals surface area contributed by atoms with Crippen molar-refractivity contribution in [3.8, 4) is 11.1 Å². The number of rotatable bonds is 6. The highest BCUT2D eigenvalue weighted by Gasteiger charge is 2.51. The van der Waals surface area contributed by atoms with E-state index < -0.39 is 23.8 Å². The van der Waals surface area contributed by atoms with Gasteiger partial charge in [0.1, 0.15) is 10.6 Å². The quantitative estimate of drug-likeness (QED) is 0.534. The van der Waals surface area contributed by atoms with Crippen LogP contribution >= 0.6 is 11.3 Å². The van der Waals surface area contributed by atoms with Crippen LogP contribution < -0.4 is 5.32 Å². The van der Waals surface area contributed by atoms with Crippen LogP contribution in [0.4, 0.5) is 5.00 Å². The molecule has 0 unspecified atom stereocenters. The molecule has 30 heavy (non-hydrogen) atoms. The van der Waals surface area contributed by atoms with Crippen LogP contribution in [0.5, 0.6) is 0 Å². The van der Waals surface area contributed by atoms with Crippen molar-refractivity contribution in [2.75, 3.05) is 12.4 Å².